The second kappa shape index (κ2) is 5.17. The van der Waals surface area contributed by atoms with Gasteiger partial charge in [0.2, 0.25) is 0 Å². The van der Waals surface area contributed by atoms with E-state index in [1.807, 2.05) is 44.6 Å². The van der Waals surface area contributed by atoms with E-state index in [0.717, 1.165) is 16.6 Å². The van der Waals surface area contributed by atoms with Gasteiger partial charge in [-0.15, -0.1) is 0 Å². The molecule has 20 heavy (non-hydrogen) atoms. The van der Waals surface area contributed by atoms with Crippen molar-refractivity contribution in [1.29, 1.82) is 0 Å². The van der Waals surface area contributed by atoms with Crippen molar-refractivity contribution in [3.8, 4) is 0 Å². The molecular weight excluding hydrogens is 248 g/mol. The number of hydrogen-bond acceptors (Lipinski definition) is 3. The van der Waals surface area contributed by atoms with Crippen LogP contribution in [-0.2, 0) is 0 Å². The first-order valence-electron chi connectivity index (χ1n) is 6.48. The van der Waals surface area contributed by atoms with Gasteiger partial charge in [0.15, 0.2) is 0 Å². The Morgan fingerprint density at radius 3 is 2.55 bits per heavy atom. The number of aromatic nitrogens is 2. The minimum absolute atomic E-state index is 0.951. The number of rotatable bonds is 3. The summed E-state index contributed by atoms with van der Waals surface area (Å²) in [5.74, 6) is 0. The van der Waals surface area contributed by atoms with Crippen LogP contribution in [0.25, 0.3) is 11.0 Å². The van der Waals surface area contributed by atoms with E-state index < -0.39 is 0 Å². The summed E-state index contributed by atoms with van der Waals surface area (Å²) in [6.07, 6.45) is 3.57. The number of benzene rings is 2. The smallest absolute Gasteiger partial charge is 0.118 e. The van der Waals surface area contributed by atoms with E-state index in [1.165, 1.54) is 5.69 Å². The van der Waals surface area contributed by atoms with E-state index in [2.05, 4.69) is 39.3 Å². The zero-order valence-electron chi connectivity index (χ0n) is 11.6. The number of para-hydroxylation sites is 2. The minimum atomic E-state index is 0.951. The van der Waals surface area contributed by atoms with Gasteiger partial charge >= 0.3 is 0 Å². The van der Waals surface area contributed by atoms with Crippen molar-refractivity contribution < 1.29 is 0 Å². The average molecular weight is 264 g/mol. The summed E-state index contributed by atoms with van der Waals surface area (Å²) in [6, 6.07) is 16.2. The Hall–Kier alpha value is -2.62. The highest BCUT2D eigenvalue weighted by Gasteiger charge is 1.99. The van der Waals surface area contributed by atoms with Crippen LogP contribution in [-0.4, -0.2) is 30.0 Å². The fourth-order valence-electron chi connectivity index (χ4n) is 2.03. The Balaban J connectivity index is 1.86. The maximum absolute atomic E-state index is 4.45. The van der Waals surface area contributed by atoms with E-state index in [4.69, 9.17) is 0 Å². The number of hydrogen-bond donors (Lipinski definition) is 0. The molecule has 0 unspecified atom stereocenters. The van der Waals surface area contributed by atoms with Crippen LogP contribution in [0.5, 0.6) is 0 Å². The number of fused-ring (bicyclic) bond motifs is 1. The third-order valence-corrected chi connectivity index (χ3v) is 3.18. The maximum Gasteiger partial charge on any atom is 0.118 e. The van der Waals surface area contributed by atoms with E-state index in [-0.39, 0.29) is 0 Å². The third kappa shape index (κ3) is 2.40. The van der Waals surface area contributed by atoms with E-state index in [9.17, 15) is 0 Å². The standard InChI is InChI=1S/C16H16N4/c1-19(2)14-9-7-13(8-10-14)11-18-20-12-17-15-5-3-4-6-16(15)20/h3-12H,1-2H3. The summed E-state index contributed by atoms with van der Waals surface area (Å²) in [7, 11) is 4.06. The van der Waals surface area contributed by atoms with Crippen LogP contribution < -0.4 is 4.90 Å². The van der Waals surface area contributed by atoms with Crippen LogP contribution >= 0.6 is 0 Å². The van der Waals surface area contributed by atoms with Gasteiger partial charge in [0.25, 0.3) is 0 Å². The molecule has 0 bridgehead atoms. The SMILES string of the molecule is CN(C)c1ccc(C=Nn2cnc3ccccc32)cc1. The molecule has 1 aromatic heterocycles. The lowest BCUT2D eigenvalue weighted by Gasteiger charge is -2.11. The average Bonchev–Trinajstić information content (AvgIpc) is 2.89. The first kappa shape index (κ1) is 12.4. The topological polar surface area (TPSA) is 33.4 Å². The molecule has 0 fully saturated rings. The largest absolute Gasteiger partial charge is 0.378 e. The van der Waals surface area contributed by atoms with Crippen molar-refractivity contribution in [3.63, 3.8) is 0 Å². The highest BCUT2D eigenvalue weighted by molar-refractivity contribution is 5.81. The molecule has 0 spiro atoms. The molecule has 0 aliphatic carbocycles. The molecule has 4 heteroatoms. The molecule has 0 aliphatic rings. The predicted molar refractivity (Wildman–Crippen MR) is 83.5 cm³/mol. The molecule has 3 aromatic rings. The lowest BCUT2D eigenvalue weighted by molar-refractivity contribution is 0.914. The van der Waals surface area contributed by atoms with Crippen LogP contribution in [0.2, 0.25) is 0 Å². The lowest BCUT2D eigenvalue weighted by atomic mass is 10.2. The van der Waals surface area contributed by atoms with Gasteiger partial charge in [-0.2, -0.15) is 5.10 Å². The van der Waals surface area contributed by atoms with Crippen molar-refractivity contribution in [2.24, 2.45) is 5.10 Å². The van der Waals surface area contributed by atoms with Crippen molar-refractivity contribution >= 4 is 22.9 Å². The lowest BCUT2D eigenvalue weighted by Crippen LogP contribution is -2.08. The van der Waals surface area contributed by atoms with Gasteiger partial charge < -0.3 is 4.90 Å². The van der Waals surface area contributed by atoms with Crippen LogP contribution in [0.3, 0.4) is 0 Å². The van der Waals surface area contributed by atoms with Gasteiger partial charge in [0.05, 0.1) is 17.2 Å². The molecule has 0 amide bonds. The first-order chi connectivity index (χ1) is 9.74. The summed E-state index contributed by atoms with van der Waals surface area (Å²) < 4.78 is 1.79. The van der Waals surface area contributed by atoms with Gasteiger partial charge in [-0.1, -0.05) is 24.3 Å². The quantitative estimate of drug-likeness (QED) is 0.681. The summed E-state index contributed by atoms with van der Waals surface area (Å²) in [4.78, 5) is 6.38. The number of imidazole rings is 1. The molecular formula is C16H16N4. The second-order valence-electron chi connectivity index (χ2n) is 4.81. The first-order valence-corrected chi connectivity index (χ1v) is 6.48. The highest BCUT2D eigenvalue weighted by Crippen LogP contribution is 2.13. The van der Waals surface area contributed by atoms with Crippen LogP contribution in [0, 0.1) is 0 Å². The van der Waals surface area contributed by atoms with Gasteiger partial charge in [0.1, 0.15) is 6.33 Å². The fraction of sp³-hybridized carbons (Fsp3) is 0.125. The zero-order chi connectivity index (χ0) is 13.9. The summed E-state index contributed by atoms with van der Waals surface area (Å²) in [5, 5.41) is 4.45. The zero-order valence-corrected chi connectivity index (χ0v) is 11.6. The van der Waals surface area contributed by atoms with E-state index in [0.29, 0.717) is 0 Å². The van der Waals surface area contributed by atoms with Gasteiger partial charge in [-0.3, -0.25) is 0 Å². The Labute approximate surface area is 118 Å². The molecule has 0 atom stereocenters. The van der Waals surface area contributed by atoms with Crippen molar-refractivity contribution in [1.82, 2.24) is 9.66 Å². The fourth-order valence-corrected chi connectivity index (χ4v) is 2.03. The maximum atomic E-state index is 4.45. The van der Waals surface area contributed by atoms with Gasteiger partial charge in [-0.25, -0.2) is 9.66 Å². The van der Waals surface area contributed by atoms with Crippen molar-refractivity contribution in [3.05, 3.63) is 60.4 Å². The second-order valence-corrected chi connectivity index (χ2v) is 4.81. The van der Waals surface area contributed by atoms with E-state index >= 15 is 0 Å². The van der Waals surface area contributed by atoms with Crippen LogP contribution in [0.4, 0.5) is 5.69 Å². The monoisotopic (exact) mass is 264 g/mol. The van der Waals surface area contributed by atoms with Crippen molar-refractivity contribution in [2.75, 3.05) is 19.0 Å². The van der Waals surface area contributed by atoms with Gasteiger partial charge in [-0.05, 0) is 29.8 Å². The van der Waals surface area contributed by atoms with Crippen LogP contribution in [0.1, 0.15) is 5.56 Å². The normalized spacial score (nSPS) is 11.3. The Kier molecular flexibility index (Phi) is 3.21. The molecule has 2 aromatic carbocycles. The molecule has 0 saturated heterocycles. The van der Waals surface area contributed by atoms with Crippen LogP contribution in [0.15, 0.2) is 60.0 Å². The molecule has 100 valence electrons. The molecule has 3 rings (SSSR count). The highest BCUT2D eigenvalue weighted by atomic mass is 15.4. The third-order valence-electron chi connectivity index (χ3n) is 3.18. The predicted octanol–water partition coefficient (Wildman–Crippen LogP) is 2.98. The molecule has 4 nitrogen and oxygen atoms in total. The molecule has 0 radical (unpaired) electrons. The van der Waals surface area contributed by atoms with E-state index in [1.54, 1.807) is 11.0 Å². The van der Waals surface area contributed by atoms with Gasteiger partial charge in [0, 0.05) is 19.8 Å². The molecule has 0 saturated carbocycles. The minimum Gasteiger partial charge on any atom is -0.378 e. The number of nitrogens with zero attached hydrogens (tertiary/aromatic N) is 4. The molecule has 0 aliphatic heterocycles. The Bertz CT molecular complexity index is 739. The molecule has 1 heterocycles. The Morgan fingerprint density at radius 2 is 1.80 bits per heavy atom. The van der Waals surface area contributed by atoms with Crippen molar-refractivity contribution in [2.45, 2.75) is 0 Å². The number of anilines is 1. The Morgan fingerprint density at radius 1 is 1.05 bits per heavy atom. The summed E-state index contributed by atoms with van der Waals surface area (Å²) in [5.41, 5.74) is 4.20. The molecule has 0 N–H and O–H groups in total. The summed E-state index contributed by atoms with van der Waals surface area (Å²) >= 11 is 0. The summed E-state index contributed by atoms with van der Waals surface area (Å²) in [6.45, 7) is 0.